The van der Waals surface area contributed by atoms with Crippen LogP contribution in [0, 0.1) is 0 Å². The molecule has 0 saturated heterocycles. The van der Waals surface area contributed by atoms with Gasteiger partial charge in [0.2, 0.25) is 0 Å². The molecule has 0 aliphatic carbocycles. The number of carbonyl (C=O) groups is 1. The number of fused-ring (bicyclic) bond motifs is 1. The molecule has 10 heteroatoms. The van der Waals surface area contributed by atoms with Crippen molar-refractivity contribution in [1.82, 2.24) is 4.57 Å². The van der Waals surface area contributed by atoms with Crippen LogP contribution in [0.4, 0.5) is 0 Å². The lowest BCUT2D eigenvalue weighted by Crippen LogP contribution is -2.35. The van der Waals surface area contributed by atoms with Gasteiger partial charge in [-0.2, -0.15) is 0 Å². The average Bonchev–Trinajstić information content (AvgIpc) is 3.18. The molecule has 0 fully saturated rings. The van der Waals surface area contributed by atoms with Gasteiger partial charge in [-0.15, -0.1) is 0 Å². The molecule has 0 spiro atoms. The Morgan fingerprint density at radius 3 is 2.32 bits per heavy atom. The van der Waals surface area contributed by atoms with Crippen molar-refractivity contribution in [2.75, 3.05) is 19.8 Å². The van der Waals surface area contributed by atoms with Crippen molar-refractivity contribution in [3.05, 3.63) is 72.8 Å². The number of hydrogen-bond acceptors (Lipinski definition) is 9. The Kier molecular flexibility index (Phi) is 7.68. The molecule has 9 nitrogen and oxygen atoms in total. The van der Waals surface area contributed by atoms with Gasteiger partial charge >= 0.3 is 5.97 Å². The van der Waals surface area contributed by atoms with Crippen molar-refractivity contribution < 1.29 is 29.2 Å². The normalized spacial score (nSPS) is 15.2. The molecule has 2 aromatic carbocycles. The summed E-state index contributed by atoms with van der Waals surface area (Å²) >= 11 is 1.19. The van der Waals surface area contributed by atoms with Crippen LogP contribution in [0.2, 0.25) is 0 Å². The molecule has 0 unspecified atom stereocenters. The summed E-state index contributed by atoms with van der Waals surface area (Å²) in [4.78, 5) is 31.6. The molecule has 0 saturated carbocycles. The Hall–Kier alpha value is -4.05. The number of nitrogens with zero attached hydrogens (tertiary/aromatic N) is 2. The molecule has 3 aromatic rings. The van der Waals surface area contributed by atoms with Gasteiger partial charge in [-0.05, 0) is 69.2 Å². The van der Waals surface area contributed by atoms with Crippen molar-refractivity contribution in [3.8, 4) is 23.0 Å². The lowest BCUT2D eigenvalue weighted by atomic mass is 9.96. The molecular formula is C27H28N2O7S. The molecule has 0 radical (unpaired) electrons. The molecule has 1 aliphatic rings. The first-order chi connectivity index (χ1) is 17.8. The Balaban J connectivity index is 1.91. The Morgan fingerprint density at radius 1 is 1.03 bits per heavy atom. The van der Waals surface area contributed by atoms with Crippen LogP contribution >= 0.6 is 11.3 Å². The van der Waals surface area contributed by atoms with E-state index in [9.17, 15) is 19.8 Å². The van der Waals surface area contributed by atoms with E-state index in [0.717, 1.165) is 0 Å². The minimum atomic E-state index is -0.761. The van der Waals surface area contributed by atoms with Gasteiger partial charge in [-0.3, -0.25) is 9.36 Å². The summed E-state index contributed by atoms with van der Waals surface area (Å²) in [6.07, 6.45) is 1.69. The number of thiazole rings is 1. The summed E-state index contributed by atoms with van der Waals surface area (Å²) in [5, 5.41) is 20.1. The van der Waals surface area contributed by atoms with E-state index in [1.807, 2.05) is 6.92 Å². The number of benzene rings is 2. The lowest BCUT2D eigenvalue weighted by molar-refractivity contribution is -0.138. The molecule has 1 aromatic heterocycles. The highest BCUT2D eigenvalue weighted by Gasteiger charge is 2.32. The molecule has 0 amide bonds. The lowest BCUT2D eigenvalue weighted by Gasteiger charge is -2.22. The van der Waals surface area contributed by atoms with Gasteiger partial charge < -0.3 is 24.4 Å². The number of esters is 1. The number of hydrogen-bond donors (Lipinski definition) is 2. The van der Waals surface area contributed by atoms with E-state index in [2.05, 4.69) is 0 Å². The van der Waals surface area contributed by atoms with Crippen LogP contribution in [0.1, 0.15) is 44.9 Å². The zero-order valence-electron chi connectivity index (χ0n) is 21.0. The number of aromatic hydroxyl groups is 2. The molecular weight excluding hydrogens is 496 g/mol. The fourth-order valence-electron chi connectivity index (χ4n) is 4.07. The van der Waals surface area contributed by atoms with Crippen LogP contribution in [-0.4, -0.2) is 40.6 Å². The number of phenols is 2. The van der Waals surface area contributed by atoms with E-state index in [1.54, 1.807) is 51.1 Å². The first-order valence-corrected chi connectivity index (χ1v) is 12.7. The molecule has 37 heavy (non-hydrogen) atoms. The highest BCUT2D eigenvalue weighted by atomic mass is 32.1. The SMILES string of the molecule is CCOC(=O)C1=C(C)n2c(s/c(=C\c3ccc(O)c(OCC)c3)c2=O)=N[C@H]1c1ccc(O)c(OCC)c1. The molecule has 2 heterocycles. The van der Waals surface area contributed by atoms with Crippen LogP contribution in [0.5, 0.6) is 23.0 Å². The van der Waals surface area contributed by atoms with Gasteiger partial charge in [0.1, 0.15) is 6.04 Å². The van der Waals surface area contributed by atoms with Crippen molar-refractivity contribution in [2.45, 2.75) is 33.7 Å². The molecule has 0 bridgehead atoms. The summed E-state index contributed by atoms with van der Waals surface area (Å²) < 4.78 is 18.1. The van der Waals surface area contributed by atoms with E-state index in [-0.39, 0.29) is 35.0 Å². The standard InChI is InChI=1S/C27H28N2O7S/c1-5-34-20-12-16(8-10-18(20)30)13-22-25(32)29-15(4)23(26(33)36-7-3)24(28-27(29)37-22)17-9-11-19(31)21(14-17)35-6-2/h8-14,24,30-31H,5-7H2,1-4H3/b22-13-/t24-/m0/s1. The minimum absolute atomic E-state index is 0.0113. The fraction of sp³-hybridized carbons (Fsp3) is 0.296. The van der Waals surface area contributed by atoms with Gasteiger partial charge in [0.15, 0.2) is 27.8 Å². The predicted octanol–water partition coefficient (Wildman–Crippen LogP) is 3.12. The number of aromatic nitrogens is 1. The Labute approximate surface area is 217 Å². The second-order valence-corrected chi connectivity index (χ2v) is 9.11. The second-order valence-electron chi connectivity index (χ2n) is 8.11. The van der Waals surface area contributed by atoms with E-state index < -0.39 is 12.0 Å². The summed E-state index contributed by atoms with van der Waals surface area (Å²) in [7, 11) is 0. The smallest absolute Gasteiger partial charge is 0.338 e. The van der Waals surface area contributed by atoms with E-state index in [0.29, 0.717) is 45.1 Å². The summed E-state index contributed by atoms with van der Waals surface area (Å²) in [5.41, 5.74) is 1.61. The van der Waals surface area contributed by atoms with Gasteiger partial charge in [-0.25, -0.2) is 9.79 Å². The predicted molar refractivity (Wildman–Crippen MR) is 140 cm³/mol. The van der Waals surface area contributed by atoms with Crippen molar-refractivity contribution in [3.63, 3.8) is 0 Å². The van der Waals surface area contributed by atoms with Crippen LogP contribution in [0.25, 0.3) is 11.8 Å². The van der Waals surface area contributed by atoms with Gasteiger partial charge in [0.05, 0.1) is 29.9 Å². The molecule has 2 N–H and O–H groups in total. The fourth-order valence-corrected chi connectivity index (χ4v) is 5.11. The van der Waals surface area contributed by atoms with Crippen molar-refractivity contribution in [2.24, 2.45) is 4.99 Å². The third-order valence-electron chi connectivity index (χ3n) is 5.72. The minimum Gasteiger partial charge on any atom is -0.504 e. The molecule has 1 atom stereocenters. The van der Waals surface area contributed by atoms with Crippen LogP contribution < -0.4 is 24.4 Å². The first kappa shape index (κ1) is 26.0. The monoisotopic (exact) mass is 524 g/mol. The second kappa shape index (κ2) is 10.9. The summed E-state index contributed by atoms with van der Waals surface area (Å²) in [6.45, 7) is 7.91. The highest BCUT2D eigenvalue weighted by molar-refractivity contribution is 7.07. The third-order valence-corrected chi connectivity index (χ3v) is 6.70. The third kappa shape index (κ3) is 5.10. The van der Waals surface area contributed by atoms with Crippen LogP contribution in [-0.2, 0) is 9.53 Å². The zero-order chi connectivity index (χ0) is 26.7. The van der Waals surface area contributed by atoms with Gasteiger partial charge in [0.25, 0.3) is 5.56 Å². The van der Waals surface area contributed by atoms with Crippen molar-refractivity contribution in [1.29, 1.82) is 0 Å². The summed E-state index contributed by atoms with van der Waals surface area (Å²) in [5.74, 6) is 0.00777. The molecule has 4 rings (SSSR count). The van der Waals surface area contributed by atoms with Crippen LogP contribution in [0.3, 0.4) is 0 Å². The number of phenolic OH excluding ortho intramolecular Hbond substituents is 2. The maximum Gasteiger partial charge on any atom is 0.338 e. The Bertz CT molecular complexity index is 1550. The van der Waals surface area contributed by atoms with Crippen LogP contribution in [0.15, 0.2) is 51.8 Å². The number of rotatable bonds is 8. The average molecular weight is 525 g/mol. The Morgan fingerprint density at radius 2 is 1.68 bits per heavy atom. The maximum absolute atomic E-state index is 13.4. The topological polar surface area (TPSA) is 120 Å². The van der Waals surface area contributed by atoms with Gasteiger partial charge in [-0.1, -0.05) is 23.5 Å². The van der Waals surface area contributed by atoms with E-state index in [4.69, 9.17) is 19.2 Å². The first-order valence-electron chi connectivity index (χ1n) is 11.9. The number of ether oxygens (including phenoxy) is 3. The highest BCUT2D eigenvalue weighted by Crippen LogP contribution is 2.36. The molecule has 1 aliphatic heterocycles. The largest absolute Gasteiger partial charge is 0.504 e. The molecule has 194 valence electrons. The van der Waals surface area contributed by atoms with E-state index >= 15 is 0 Å². The van der Waals surface area contributed by atoms with E-state index in [1.165, 1.54) is 28.0 Å². The maximum atomic E-state index is 13.4. The van der Waals surface area contributed by atoms with Crippen molar-refractivity contribution >= 4 is 29.1 Å². The summed E-state index contributed by atoms with van der Waals surface area (Å²) in [6, 6.07) is 8.87. The zero-order valence-corrected chi connectivity index (χ0v) is 21.8. The quantitative estimate of drug-likeness (QED) is 0.435. The number of allylic oxidation sites excluding steroid dienone is 1. The van der Waals surface area contributed by atoms with Gasteiger partial charge in [0, 0.05) is 5.70 Å². The number of carbonyl (C=O) groups excluding carboxylic acids is 1.